The minimum absolute atomic E-state index is 0.0631. The van der Waals surface area contributed by atoms with E-state index in [2.05, 4.69) is 106 Å². The summed E-state index contributed by atoms with van der Waals surface area (Å²) in [7, 11) is 0. The molecule has 1 atom stereocenters. The molecule has 0 saturated heterocycles. The Bertz CT molecular complexity index is 1160. The zero-order valence-electron chi connectivity index (χ0n) is 40.9. The molecule has 0 heterocycles. The number of esters is 2. The second kappa shape index (κ2) is 52.4. The summed E-state index contributed by atoms with van der Waals surface area (Å²) in [6.07, 6.45) is 68.8. The maximum atomic E-state index is 12.8. The van der Waals surface area contributed by atoms with Gasteiger partial charge in [0, 0.05) is 19.4 Å². The van der Waals surface area contributed by atoms with Crippen LogP contribution in [0.2, 0.25) is 0 Å². The topological polar surface area (TPSA) is 61.8 Å². The molecule has 0 aliphatic heterocycles. The zero-order chi connectivity index (χ0) is 44.9. The zero-order valence-corrected chi connectivity index (χ0v) is 40.9. The summed E-state index contributed by atoms with van der Waals surface area (Å²) in [6, 6.07) is 0. The van der Waals surface area contributed by atoms with Crippen LogP contribution in [0, 0.1) is 0 Å². The number of carbonyl (C=O) groups is 2. The first-order chi connectivity index (χ1) is 30.6. The highest BCUT2D eigenvalue weighted by Gasteiger charge is 2.17. The van der Waals surface area contributed by atoms with Crippen LogP contribution in [0.5, 0.6) is 0 Å². The van der Waals surface area contributed by atoms with E-state index in [0.29, 0.717) is 19.4 Å². The van der Waals surface area contributed by atoms with Gasteiger partial charge >= 0.3 is 11.9 Å². The Morgan fingerprint density at radius 3 is 1.19 bits per heavy atom. The SMILES string of the molecule is CC/C=C\C/C=C\C/C=C\CCCCCCCCCCOCC(COC(=O)CCCCCCC/C=C\CCCCCCCC)OC(=O)CCCCC/C=C\C/C=C\C/C=C\CC. The number of ether oxygens (including phenoxy) is 3. The molecule has 0 aliphatic carbocycles. The monoisotopic (exact) mass is 863 g/mol. The average Bonchev–Trinajstić information content (AvgIpc) is 3.27. The molecular weight excluding hydrogens is 765 g/mol. The first-order valence-corrected chi connectivity index (χ1v) is 26.1. The van der Waals surface area contributed by atoms with E-state index in [4.69, 9.17) is 14.2 Å². The summed E-state index contributed by atoms with van der Waals surface area (Å²) in [5.74, 6) is -0.445. The van der Waals surface area contributed by atoms with E-state index in [1.165, 1.54) is 103 Å². The Morgan fingerprint density at radius 1 is 0.371 bits per heavy atom. The number of carbonyl (C=O) groups excluding carboxylic acids is 2. The highest BCUT2D eigenvalue weighted by atomic mass is 16.6. The lowest BCUT2D eigenvalue weighted by Gasteiger charge is -2.18. The maximum Gasteiger partial charge on any atom is 0.306 e. The molecule has 5 nitrogen and oxygen atoms in total. The van der Waals surface area contributed by atoms with E-state index in [1.54, 1.807) is 0 Å². The van der Waals surface area contributed by atoms with Crippen LogP contribution in [0.15, 0.2) is 85.1 Å². The molecule has 0 N–H and O–H groups in total. The van der Waals surface area contributed by atoms with Gasteiger partial charge in [-0.2, -0.15) is 0 Å². The van der Waals surface area contributed by atoms with E-state index in [-0.39, 0.29) is 25.2 Å². The summed E-state index contributed by atoms with van der Waals surface area (Å²) in [4.78, 5) is 25.4. The maximum absolute atomic E-state index is 12.8. The molecule has 0 rings (SSSR count). The molecule has 0 aromatic heterocycles. The van der Waals surface area contributed by atoms with Crippen LogP contribution >= 0.6 is 0 Å². The molecule has 356 valence electrons. The minimum atomic E-state index is -0.562. The molecule has 0 bridgehead atoms. The lowest BCUT2D eigenvalue weighted by Crippen LogP contribution is -2.30. The molecule has 1 unspecified atom stereocenters. The van der Waals surface area contributed by atoms with Crippen LogP contribution in [0.3, 0.4) is 0 Å². The molecule has 0 saturated carbocycles. The molecule has 0 aromatic carbocycles. The number of rotatable bonds is 47. The lowest BCUT2D eigenvalue weighted by atomic mass is 10.1. The predicted molar refractivity (Wildman–Crippen MR) is 270 cm³/mol. The fraction of sp³-hybridized carbons (Fsp3) is 0.719. The van der Waals surface area contributed by atoms with Gasteiger partial charge in [-0.25, -0.2) is 0 Å². The third kappa shape index (κ3) is 49.7. The summed E-state index contributed by atoms with van der Waals surface area (Å²) in [5, 5.41) is 0. The van der Waals surface area contributed by atoms with Gasteiger partial charge in [0.05, 0.1) is 6.61 Å². The molecule has 0 radical (unpaired) electrons. The van der Waals surface area contributed by atoms with Gasteiger partial charge in [-0.15, -0.1) is 0 Å². The second-order valence-corrected chi connectivity index (χ2v) is 17.0. The summed E-state index contributed by atoms with van der Waals surface area (Å²) >= 11 is 0. The van der Waals surface area contributed by atoms with E-state index >= 15 is 0 Å². The summed E-state index contributed by atoms with van der Waals surface area (Å²) in [6.45, 7) is 7.55. The van der Waals surface area contributed by atoms with Crippen molar-refractivity contribution in [1.29, 1.82) is 0 Å². The van der Waals surface area contributed by atoms with Gasteiger partial charge in [0.1, 0.15) is 6.61 Å². The summed E-state index contributed by atoms with van der Waals surface area (Å²) < 4.78 is 17.4. The Balaban J connectivity index is 4.32. The van der Waals surface area contributed by atoms with E-state index in [0.717, 1.165) is 103 Å². The number of allylic oxidation sites excluding steroid dienone is 14. The van der Waals surface area contributed by atoms with Gasteiger partial charge in [0.2, 0.25) is 0 Å². The number of hydrogen-bond donors (Lipinski definition) is 0. The van der Waals surface area contributed by atoms with E-state index < -0.39 is 6.10 Å². The van der Waals surface area contributed by atoms with Crippen molar-refractivity contribution in [1.82, 2.24) is 0 Å². The third-order valence-electron chi connectivity index (χ3n) is 10.9. The van der Waals surface area contributed by atoms with Crippen LogP contribution < -0.4 is 0 Å². The lowest BCUT2D eigenvalue weighted by molar-refractivity contribution is -0.163. The smallest absolute Gasteiger partial charge is 0.306 e. The van der Waals surface area contributed by atoms with Crippen molar-refractivity contribution in [2.24, 2.45) is 0 Å². The third-order valence-corrected chi connectivity index (χ3v) is 10.9. The van der Waals surface area contributed by atoms with Gasteiger partial charge in [-0.05, 0) is 109 Å². The first kappa shape index (κ1) is 59.1. The average molecular weight is 863 g/mol. The van der Waals surface area contributed by atoms with E-state index in [9.17, 15) is 9.59 Å². The fourth-order valence-corrected chi connectivity index (χ4v) is 7.06. The van der Waals surface area contributed by atoms with Crippen molar-refractivity contribution < 1.29 is 23.8 Å². The first-order valence-electron chi connectivity index (χ1n) is 26.1. The quantitative estimate of drug-likeness (QED) is 0.0346. The molecule has 0 aliphatic rings. The van der Waals surface area contributed by atoms with Crippen LogP contribution in [0.4, 0.5) is 0 Å². The number of hydrogen-bond acceptors (Lipinski definition) is 5. The molecule has 5 heteroatoms. The predicted octanol–water partition coefficient (Wildman–Crippen LogP) is 17.7. The number of unbranched alkanes of at least 4 members (excludes halogenated alkanes) is 22. The van der Waals surface area contributed by atoms with Crippen molar-refractivity contribution in [3.63, 3.8) is 0 Å². The molecule has 0 spiro atoms. The van der Waals surface area contributed by atoms with Crippen molar-refractivity contribution in [2.75, 3.05) is 19.8 Å². The normalized spacial score (nSPS) is 12.9. The van der Waals surface area contributed by atoms with Crippen LogP contribution in [0.1, 0.15) is 239 Å². The minimum Gasteiger partial charge on any atom is -0.462 e. The van der Waals surface area contributed by atoms with Gasteiger partial charge in [0.15, 0.2) is 6.10 Å². The Labute approximate surface area is 384 Å². The van der Waals surface area contributed by atoms with Crippen LogP contribution in [-0.2, 0) is 23.8 Å². The molecule has 62 heavy (non-hydrogen) atoms. The molecule has 0 aromatic rings. The van der Waals surface area contributed by atoms with E-state index in [1.807, 2.05) is 0 Å². The highest BCUT2D eigenvalue weighted by Crippen LogP contribution is 2.13. The van der Waals surface area contributed by atoms with Crippen molar-refractivity contribution >= 4 is 11.9 Å². The molecule has 0 fully saturated rings. The van der Waals surface area contributed by atoms with Gasteiger partial charge in [-0.1, -0.05) is 202 Å². The van der Waals surface area contributed by atoms with Crippen LogP contribution in [-0.4, -0.2) is 37.9 Å². The second-order valence-electron chi connectivity index (χ2n) is 17.0. The Morgan fingerprint density at radius 2 is 0.726 bits per heavy atom. The van der Waals surface area contributed by atoms with Crippen molar-refractivity contribution in [2.45, 2.75) is 245 Å². The Hall–Kier alpha value is -2.92. The standard InChI is InChI=1S/C57H98O5/c1-4-7-10-13-16-19-22-25-27-28-29-31-34-37-40-43-46-49-52-60-53-55(62-57(59)51-48-45-42-39-36-32-24-21-18-15-12-9-6-3)54-61-56(58)50-47-44-41-38-35-33-30-26-23-20-17-14-11-8-5-2/h7,9-10,12,16,18-19,21,25-27,30,32,36,55H,4-6,8,11,13-15,17,20,22-24,28-29,31,33-35,37-54H2,1-3H3/b10-7-,12-9-,19-16-,21-18-,27-25-,30-26-,36-32-. The van der Waals surface area contributed by atoms with Gasteiger partial charge in [-0.3, -0.25) is 9.59 Å². The molecular formula is C57H98O5. The van der Waals surface area contributed by atoms with Crippen molar-refractivity contribution in [3.8, 4) is 0 Å². The van der Waals surface area contributed by atoms with Crippen LogP contribution in [0.25, 0.3) is 0 Å². The Kier molecular flexibility index (Phi) is 50.0. The van der Waals surface area contributed by atoms with Gasteiger partial charge in [0.25, 0.3) is 0 Å². The van der Waals surface area contributed by atoms with Gasteiger partial charge < -0.3 is 14.2 Å². The largest absolute Gasteiger partial charge is 0.462 e. The summed E-state index contributed by atoms with van der Waals surface area (Å²) in [5.41, 5.74) is 0. The highest BCUT2D eigenvalue weighted by molar-refractivity contribution is 5.70. The fourth-order valence-electron chi connectivity index (χ4n) is 7.06. The van der Waals surface area contributed by atoms with Crippen molar-refractivity contribution in [3.05, 3.63) is 85.1 Å². The molecule has 0 amide bonds.